The lowest BCUT2D eigenvalue weighted by molar-refractivity contribution is 0.929. The Morgan fingerprint density at radius 3 is 2.54 bits per heavy atom. The molecule has 0 atom stereocenters. The molecule has 1 aromatic rings. The van der Waals surface area contributed by atoms with Crippen molar-refractivity contribution in [1.29, 1.82) is 0 Å². The Morgan fingerprint density at radius 2 is 2.08 bits per heavy atom. The molecule has 0 radical (unpaired) electrons. The summed E-state index contributed by atoms with van der Waals surface area (Å²) in [5.74, 6) is 2.84. The van der Waals surface area contributed by atoms with Gasteiger partial charge in [0, 0.05) is 9.50 Å². The highest BCUT2D eigenvalue weighted by Crippen LogP contribution is 2.48. The minimum atomic E-state index is -0.0204. The van der Waals surface area contributed by atoms with E-state index in [1.54, 1.807) is 0 Å². The maximum Gasteiger partial charge on any atom is 0.0562 e. The lowest BCUT2D eigenvalue weighted by Gasteiger charge is -2.08. The van der Waals surface area contributed by atoms with Crippen molar-refractivity contribution >= 4 is 27.5 Å². The Morgan fingerprint density at radius 1 is 1.38 bits per heavy atom. The summed E-state index contributed by atoms with van der Waals surface area (Å²) < 4.78 is 0.997. The molecule has 1 aliphatic rings. The van der Waals surface area contributed by atoms with Crippen molar-refractivity contribution in [2.24, 2.45) is 0 Å². The summed E-state index contributed by atoms with van der Waals surface area (Å²) in [6.45, 7) is 0. The van der Waals surface area contributed by atoms with Gasteiger partial charge in [-0.3, -0.25) is 0 Å². The molecular weight excluding hydrogens is 247 g/mol. The monoisotopic (exact) mass is 254 g/mol. The van der Waals surface area contributed by atoms with Crippen LogP contribution >= 0.6 is 27.5 Å². The molecule has 0 nitrogen and oxygen atoms in total. The van der Waals surface area contributed by atoms with Crippen molar-refractivity contribution in [1.82, 2.24) is 0 Å². The lowest BCUT2D eigenvalue weighted by Crippen LogP contribution is -2.01. The fourth-order valence-electron chi connectivity index (χ4n) is 1.47. The highest BCUT2D eigenvalue weighted by atomic mass is 79.9. The van der Waals surface area contributed by atoms with Crippen LogP contribution in [0.5, 0.6) is 0 Å². The minimum Gasteiger partial charge on any atom is -0.119 e. The molecule has 0 unspecified atom stereocenters. The van der Waals surface area contributed by atoms with Gasteiger partial charge in [0.2, 0.25) is 0 Å². The molecule has 2 rings (SSSR count). The Hall–Kier alpha value is -0.450. The highest BCUT2D eigenvalue weighted by Gasteiger charge is 2.42. The minimum absolute atomic E-state index is 0.0204. The highest BCUT2D eigenvalue weighted by molar-refractivity contribution is 9.10. The lowest BCUT2D eigenvalue weighted by atomic mass is 9.97. The maximum absolute atomic E-state index is 5.94. The van der Waals surface area contributed by atoms with Gasteiger partial charge >= 0.3 is 0 Å². The van der Waals surface area contributed by atoms with Crippen LogP contribution in [0, 0.1) is 12.3 Å². The third kappa shape index (κ3) is 1.61. The Labute approximate surface area is 91.4 Å². The number of hydrogen-bond donors (Lipinski definition) is 0. The normalized spacial score (nSPS) is 17.9. The molecule has 0 saturated heterocycles. The summed E-state index contributed by atoms with van der Waals surface area (Å²) in [5, 5.41) is 0.742. The van der Waals surface area contributed by atoms with E-state index in [0.29, 0.717) is 0 Å². The molecule has 1 saturated carbocycles. The van der Waals surface area contributed by atoms with Crippen molar-refractivity contribution in [3.8, 4) is 12.3 Å². The summed E-state index contributed by atoms with van der Waals surface area (Å²) in [4.78, 5) is 0. The summed E-state index contributed by atoms with van der Waals surface area (Å²) >= 11 is 9.35. The zero-order valence-corrected chi connectivity index (χ0v) is 9.32. The molecular formula is C11H8BrCl. The first-order valence-electron chi connectivity index (χ1n) is 4.11. The molecule has 0 heterocycles. The second-order valence-corrected chi connectivity index (χ2v) is 4.74. The number of halogens is 2. The molecule has 66 valence electrons. The van der Waals surface area contributed by atoms with E-state index >= 15 is 0 Å². The van der Waals surface area contributed by atoms with E-state index in [0.717, 1.165) is 27.9 Å². The third-order valence-corrected chi connectivity index (χ3v) is 3.12. The molecule has 0 aliphatic heterocycles. The first-order chi connectivity index (χ1) is 6.16. The van der Waals surface area contributed by atoms with Gasteiger partial charge in [0.1, 0.15) is 0 Å². The van der Waals surface area contributed by atoms with Crippen LogP contribution in [0.25, 0.3) is 0 Å². The smallest absolute Gasteiger partial charge is 0.0562 e. The first kappa shape index (κ1) is 9.12. The zero-order chi connectivity index (χ0) is 9.47. The standard InChI is InChI=1S/C11H8BrCl/c1-2-11(3-4-11)8-5-9(12)7-10(13)6-8/h1,5-7H,3-4H2. The Bertz CT molecular complexity index is 365. The van der Waals surface area contributed by atoms with Crippen molar-refractivity contribution in [3.05, 3.63) is 33.3 Å². The largest absolute Gasteiger partial charge is 0.119 e. The molecule has 0 spiro atoms. The van der Waals surface area contributed by atoms with Gasteiger partial charge in [-0.1, -0.05) is 33.5 Å². The number of hydrogen-bond acceptors (Lipinski definition) is 0. The number of rotatable bonds is 1. The molecule has 13 heavy (non-hydrogen) atoms. The van der Waals surface area contributed by atoms with Gasteiger partial charge < -0.3 is 0 Å². The van der Waals surface area contributed by atoms with Crippen LogP contribution in [-0.2, 0) is 5.41 Å². The average Bonchev–Trinajstić information content (AvgIpc) is 2.82. The predicted octanol–water partition coefficient (Wildman–Crippen LogP) is 3.77. The van der Waals surface area contributed by atoms with E-state index < -0.39 is 0 Å². The molecule has 0 bridgehead atoms. The topological polar surface area (TPSA) is 0 Å². The molecule has 1 aliphatic carbocycles. The van der Waals surface area contributed by atoms with E-state index in [9.17, 15) is 0 Å². The van der Waals surface area contributed by atoms with Crippen molar-refractivity contribution in [2.75, 3.05) is 0 Å². The van der Waals surface area contributed by atoms with Crippen LogP contribution in [0.3, 0.4) is 0 Å². The van der Waals surface area contributed by atoms with E-state index in [-0.39, 0.29) is 5.41 Å². The van der Waals surface area contributed by atoms with Gasteiger partial charge in [-0.05, 0) is 36.6 Å². The van der Waals surface area contributed by atoms with Crippen LogP contribution in [0.2, 0.25) is 5.02 Å². The van der Waals surface area contributed by atoms with Gasteiger partial charge in [-0.25, -0.2) is 0 Å². The van der Waals surface area contributed by atoms with E-state index in [1.165, 1.54) is 0 Å². The van der Waals surface area contributed by atoms with Gasteiger partial charge in [-0.15, -0.1) is 6.42 Å². The van der Waals surface area contributed by atoms with Gasteiger partial charge in [0.25, 0.3) is 0 Å². The maximum atomic E-state index is 5.94. The van der Waals surface area contributed by atoms with Crippen molar-refractivity contribution < 1.29 is 0 Å². The summed E-state index contributed by atoms with van der Waals surface area (Å²) in [7, 11) is 0. The molecule has 1 aromatic carbocycles. The van der Waals surface area contributed by atoms with Crippen molar-refractivity contribution in [2.45, 2.75) is 18.3 Å². The van der Waals surface area contributed by atoms with Crippen LogP contribution in [0.15, 0.2) is 22.7 Å². The van der Waals surface area contributed by atoms with E-state index in [2.05, 4.69) is 27.9 Å². The molecule has 0 amide bonds. The molecule has 1 fully saturated rings. The third-order valence-electron chi connectivity index (χ3n) is 2.44. The average molecular weight is 256 g/mol. The fourth-order valence-corrected chi connectivity index (χ4v) is 2.33. The van der Waals surface area contributed by atoms with Gasteiger partial charge in [0.15, 0.2) is 0 Å². The fraction of sp³-hybridized carbons (Fsp3) is 0.273. The summed E-state index contributed by atoms with van der Waals surface area (Å²) in [6.07, 6.45) is 7.65. The van der Waals surface area contributed by atoms with Gasteiger partial charge in [0.05, 0.1) is 5.41 Å². The Kier molecular flexibility index (Phi) is 2.14. The van der Waals surface area contributed by atoms with E-state index in [1.807, 2.05) is 12.1 Å². The SMILES string of the molecule is C#CC1(c2cc(Cl)cc(Br)c2)CC1. The zero-order valence-electron chi connectivity index (χ0n) is 6.98. The first-order valence-corrected chi connectivity index (χ1v) is 5.28. The number of terminal acetylenes is 1. The van der Waals surface area contributed by atoms with Crippen molar-refractivity contribution in [3.63, 3.8) is 0 Å². The molecule has 0 aromatic heterocycles. The quantitative estimate of drug-likeness (QED) is 0.670. The number of benzene rings is 1. The van der Waals surface area contributed by atoms with Crippen LogP contribution in [0.4, 0.5) is 0 Å². The van der Waals surface area contributed by atoms with E-state index in [4.69, 9.17) is 18.0 Å². The Balaban J connectivity index is 2.48. The summed E-state index contributed by atoms with van der Waals surface area (Å²) in [5.41, 5.74) is 1.14. The molecule has 2 heteroatoms. The summed E-state index contributed by atoms with van der Waals surface area (Å²) in [6, 6.07) is 5.88. The van der Waals surface area contributed by atoms with Gasteiger partial charge in [-0.2, -0.15) is 0 Å². The van der Waals surface area contributed by atoms with Crippen LogP contribution in [0.1, 0.15) is 18.4 Å². The van der Waals surface area contributed by atoms with Crippen LogP contribution < -0.4 is 0 Å². The second kappa shape index (κ2) is 3.04. The van der Waals surface area contributed by atoms with Crippen LogP contribution in [-0.4, -0.2) is 0 Å². The second-order valence-electron chi connectivity index (χ2n) is 3.38. The molecule has 0 N–H and O–H groups in total. The predicted molar refractivity (Wildman–Crippen MR) is 58.9 cm³/mol.